The Morgan fingerprint density at radius 1 is 1.29 bits per heavy atom. The Labute approximate surface area is 129 Å². The molecule has 0 spiro atoms. The van der Waals surface area contributed by atoms with Gasteiger partial charge in [-0.1, -0.05) is 23.2 Å². The van der Waals surface area contributed by atoms with Crippen LogP contribution in [0.5, 0.6) is 17.4 Å². The van der Waals surface area contributed by atoms with Crippen LogP contribution >= 0.6 is 23.2 Å². The molecule has 2 rings (SSSR count). The average Bonchev–Trinajstić information content (AvgIpc) is 2.44. The SMILES string of the molecule is COc1ccc([N+](=O)[O-])c(Oc2nc(N)c(Cl)cc2Cl)c1. The molecule has 1 aromatic carbocycles. The Bertz CT molecular complexity index is 709. The van der Waals surface area contributed by atoms with E-state index < -0.39 is 4.92 Å². The van der Waals surface area contributed by atoms with E-state index in [2.05, 4.69) is 4.98 Å². The molecular formula is C12H9Cl2N3O4. The van der Waals surface area contributed by atoms with Gasteiger partial charge in [-0.25, -0.2) is 0 Å². The zero-order valence-electron chi connectivity index (χ0n) is 10.7. The molecule has 0 radical (unpaired) electrons. The van der Waals surface area contributed by atoms with E-state index in [0.29, 0.717) is 5.75 Å². The fourth-order valence-corrected chi connectivity index (χ4v) is 1.89. The summed E-state index contributed by atoms with van der Waals surface area (Å²) >= 11 is 11.7. The number of nitrogens with zero attached hydrogens (tertiary/aromatic N) is 2. The minimum absolute atomic E-state index is 0.00150. The van der Waals surface area contributed by atoms with E-state index in [9.17, 15) is 10.1 Å². The van der Waals surface area contributed by atoms with Gasteiger partial charge in [-0.05, 0) is 12.1 Å². The first-order valence-corrected chi connectivity index (χ1v) is 6.29. The number of nitro benzene ring substituents is 1. The number of hydrogen-bond acceptors (Lipinski definition) is 6. The zero-order valence-corrected chi connectivity index (χ0v) is 12.2. The third kappa shape index (κ3) is 3.26. The molecule has 0 bridgehead atoms. The van der Waals surface area contributed by atoms with E-state index in [4.69, 9.17) is 38.4 Å². The van der Waals surface area contributed by atoms with Crippen molar-refractivity contribution in [1.82, 2.24) is 4.98 Å². The standard InChI is InChI=1S/C12H9Cl2N3O4/c1-20-6-2-3-9(17(18)19)10(4-6)21-12-8(14)5-7(13)11(15)16-12/h2-5H,1H3,(H2,15,16). The van der Waals surface area contributed by atoms with Gasteiger partial charge in [-0.2, -0.15) is 4.98 Å². The molecule has 0 atom stereocenters. The van der Waals surface area contributed by atoms with Crippen LogP contribution in [0, 0.1) is 10.1 Å². The maximum atomic E-state index is 11.0. The Morgan fingerprint density at radius 3 is 2.62 bits per heavy atom. The molecule has 0 unspecified atom stereocenters. The first kappa shape index (κ1) is 15.1. The van der Waals surface area contributed by atoms with Crippen molar-refractivity contribution >= 4 is 34.7 Å². The molecule has 0 saturated carbocycles. The van der Waals surface area contributed by atoms with Gasteiger partial charge in [0.25, 0.3) is 0 Å². The van der Waals surface area contributed by atoms with Gasteiger partial charge in [0.1, 0.15) is 16.6 Å². The van der Waals surface area contributed by atoms with Crippen molar-refractivity contribution in [2.75, 3.05) is 12.8 Å². The van der Waals surface area contributed by atoms with Gasteiger partial charge in [-0.15, -0.1) is 0 Å². The van der Waals surface area contributed by atoms with Crippen molar-refractivity contribution < 1.29 is 14.4 Å². The number of rotatable bonds is 4. The monoisotopic (exact) mass is 329 g/mol. The summed E-state index contributed by atoms with van der Waals surface area (Å²) in [7, 11) is 1.43. The molecule has 1 heterocycles. The summed E-state index contributed by atoms with van der Waals surface area (Å²) in [5.41, 5.74) is 5.29. The molecule has 0 amide bonds. The van der Waals surface area contributed by atoms with E-state index >= 15 is 0 Å². The number of methoxy groups -OCH3 is 1. The van der Waals surface area contributed by atoms with Crippen LogP contribution in [0.25, 0.3) is 0 Å². The third-order valence-corrected chi connectivity index (χ3v) is 3.07. The molecule has 0 aliphatic rings. The van der Waals surface area contributed by atoms with Crippen LogP contribution in [0.3, 0.4) is 0 Å². The number of halogens is 2. The molecule has 9 heteroatoms. The number of nitro groups is 1. The number of hydrogen-bond donors (Lipinski definition) is 1. The minimum Gasteiger partial charge on any atom is -0.497 e. The molecule has 7 nitrogen and oxygen atoms in total. The molecule has 21 heavy (non-hydrogen) atoms. The van der Waals surface area contributed by atoms with Gasteiger partial charge >= 0.3 is 5.69 Å². The summed E-state index contributed by atoms with van der Waals surface area (Å²) in [4.78, 5) is 14.3. The molecule has 0 aliphatic heterocycles. The van der Waals surface area contributed by atoms with Gasteiger partial charge in [0.05, 0.1) is 17.1 Å². The lowest BCUT2D eigenvalue weighted by Gasteiger charge is -2.09. The number of anilines is 1. The molecule has 0 aliphatic carbocycles. The van der Waals surface area contributed by atoms with Gasteiger partial charge in [0.15, 0.2) is 0 Å². The largest absolute Gasteiger partial charge is 0.497 e. The van der Waals surface area contributed by atoms with Crippen molar-refractivity contribution in [2.45, 2.75) is 0 Å². The maximum Gasteiger partial charge on any atom is 0.311 e. The van der Waals surface area contributed by atoms with Crippen LogP contribution in [0.2, 0.25) is 10.0 Å². The van der Waals surface area contributed by atoms with Crippen LogP contribution in [-0.2, 0) is 0 Å². The normalized spacial score (nSPS) is 10.2. The van der Waals surface area contributed by atoms with E-state index in [-0.39, 0.29) is 33.2 Å². The van der Waals surface area contributed by atoms with E-state index in [1.54, 1.807) is 0 Å². The molecule has 0 saturated heterocycles. The molecule has 2 N–H and O–H groups in total. The average molecular weight is 330 g/mol. The van der Waals surface area contributed by atoms with E-state index in [1.165, 1.54) is 31.4 Å². The lowest BCUT2D eigenvalue weighted by molar-refractivity contribution is -0.385. The van der Waals surface area contributed by atoms with Gasteiger partial charge in [0.2, 0.25) is 11.6 Å². The lowest BCUT2D eigenvalue weighted by Crippen LogP contribution is -1.98. The first-order chi connectivity index (χ1) is 9.92. The second-order valence-electron chi connectivity index (χ2n) is 3.84. The van der Waals surface area contributed by atoms with Crippen molar-refractivity contribution in [2.24, 2.45) is 0 Å². The van der Waals surface area contributed by atoms with Crippen molar-refractivity contribution in [3.63, 3.8) is 0 Å². The Hall–Kier alpha value is -2.25. The first-order valence-electron chi connectivity index (χ1n) is 5.54. The highest BCUT2D eigenvalue weighted by molar-refractivity contribution is 6.36. The van der Waals surface area contributed by atoms with Crippen LogP contribution < -0.4 is 15.2 Å². The topological polar surface area (TPSA) is 101 Å². The minimum atomic E-state index is -0.595. The molecule has 1 aromatic heterocycles. The van der Waals surface area contributed by atoms with Crippen molar-refractivity contribution in [3.8, 4) is 17.4 Å². The van der Waals surface area contributed by atoms with Crippen molar-refractivity contribution in [1.29, 1.82) is 0 Å². The molecule has 2 aromatic rings. The predicted molar refractivity (Wildman–Crippen MR) is 78.4 cm³/mol. The highest BCUT2D eigenvalue weighted by Gasteiger charge is 2.19. The van der Waals surface area contributed by atoms with Crippen LogP contribution in [0.15, 0.2) is 24.3 Å². The van der Waals surface area contributed by atoms with E-state index in [0.717, 1.165) is 0 Å². The highest BCUT2D eigenvalue weighted by Crippen LogP contribution is 2.37. The molecule has 0 fully saturated rings. The smallest absolute Gasteiger partial charge is 0.311 e. The lowest BCUT2D eigenvalue weighted by atomic mass is 10.3. The number of nitrogen functional groups attached to an aromatic ring is 1. The fraction of sp³-hybridized carbons (Fsp3) is 0.0833. The number of aromatic nitrogens is 1. The van der Waals surface area contributed by atoms with E-state index in [1.807, 2.05) is 0 Å². The maximum absolute atomic E-state index is 11.0. The summed E-state index contributed by atoms with van der Waals surface area (Å²) in [6, 6.07) is 5.38. The fourth-order valence-electron chi connectivity index (χ4n) is 1.49. The summed E-state index contributed by atoms with van der Waals surface area (Å²) in [6.45, 7) is 0. The number of nitrogens with two attached hydrogens (primary N) is 1. The number of pyridine rings is 1. The Kier molecular flexibility index (Phi) is 4.35. The molecular weight excluding hydrogens is 321 g/mol. The number of benzene rings is 1. The quantitative estimate of drug-likeness (QED) is 0.678. The summed E-state index contributed by atoms with van der Waals surface area (Å²) in [5, 5.41) is 11.2. The zero-order chi connectivity index (χ0) is 15.6. The molecule has 110 valence electrons. The van der Waals surface area contributed by atoms with Crippen LogP contribution in [-0.4, -0.2) is 17.0 Å². The van der Waals surface area contributed by atoms with Crippen molar-refractivity contribution in [3.05, 3.63) is 44.4 Å². The Balaban J connectivity index is 2.47. The van der Waals surface area contributed by atoms with Gasteiger partial charge in [0, 0.05) is 12.1 Å². The summed E-state index contributed by atoms with van der Waals surface area (Å²) < 4.78 is 10.4. The van der Waals surface area contributed by atoms with Gasteiger partial charge in [-0.3, -0.25) is 10.1 Å². The second kappa shape index (κ2) is 6.02. The summed E-state index contributed by atoms with van der Waals surface area (Å²) in [6.07, 6.45) is 0. The Morgan fingerprint density at radius 2 is 2.00 bits per heavy atom. The van der Waals surface area contributed by atoms with Gasteiger partial charge < -0.3 is 15.2 Å². The predicted octanol–water partition coefficient (Wildman–Crippen LogP) is 3.68. The van der Waals surface area contributed by atoms with Crippen LogP contribution in [0.4, 0.5) is 11.5 Å². The third-order valence-electron chi connectivity index (χ3n) is 2.49. The second-order valence-corrected chi connectivity index (χ2v) is 4.65. The van der Waals surface area contributed by atoms with Crippen LogP contribution in [0.1, 0.15) is 0 Å². The number of ether oxygens (including phenoxy) is 2. The summed E-state index contributed by atoms with van der Waals surface area (Å²) in [5.74, 6) is 0.223. The highest BCUT2D eigenvalue weighted by atomic mass is 35.5.